The average molecular weight is 1160 g/mol. The van der Waals surface area contributed by atoms with Crippen LogP contribution < -0.4 is 10.2 Å². The number of rotatable bonds is 59. The maximum Gasteiger partial charge on any atom is 0.306 e. The molecule has 0 rings (SSSR count). The zero-order valence-electron chi connectivity index (χ0n) is 53.7. The van der Waals surface area contributed by atoms with Gasteiger partial charge in [0.05, 0.1) is 33.8 Å². The van der Waals surface area contributed by atoms with Crippen molar-refractivity contribution in [2.24, 2.45) is 0 Å². The number of quaternary nitrogens is 1. The summed E-state index contributed by atoms with van der Waals surface area (Å²) in [6, 6.07) is -0.917. The first-order chi connectivity index (χ1) is 39.9. The average Bonchev–Trinajstić information content (AvgIpc) is 3.44. The van der Waals surface area contributed by atoms with Gasteiger partial charge in [0, 0.05) is 12.8 Å². The molecular formula is C72H125N2O7P. The molecule has 1 amide bonds. The maximum atomic E-state index is 13.6. The highest BCUT2D eigenvalue weighted by Gasteiger charge is 2.27. The van der Waals surface area contributed by atoms with Gasteiger partial charge in [0.25, 0.3) is 7.82 Å². The van der Waals surface area contributed by atoms with Gasteiger partial charge in [-0.15, -0.1) is 0 Å². The second-order valence-corrected chi connectivity index (χ2v) is 24.6. The number of phosphoric acid groups is 1. The number of allylic oxidation sites excluding steroid dienone is 19. The molecule has 0 aromatic carbocycles. The number of esters is 1. The summed E-state index contributed by atoms with van der Waals surface area (Å²) < 4.78 is 30.3. The van der Waals surface area contributed by atoms with Gasteiger partial charge < -0.3 is 28.5 Å². The number of carbonyl (C=O) groups excluding carboxylic acids is 2. The van der Waals surface area contributed by atoms with E-state index in [0.717, 1.165) is 116 Å². The highest BCUT2D eigenvalue weighted by Crippen LogP contribution is 2.38. The molecule has 9 nitrogen and oxygen atoms in total. The van der Waals surface area contributed by atoms with Gasteiger partial charge in [-0.3, -0.25) is 14.2 Å². The molecule has 3 unspecified atom stereocenters. The Labute approximate surface area is 505 Å². The molecule has 82 heavy (non-hydrogen) atoms. The van der Waals surface area contributed by atoms with Gasteiger partial charge in [0.1, 0.15) is 19.3 Å². The molecule has 0 spiro atoms. The van der Waals surface area contributed by atoms with E-state index in [1.807, 2.05) is 33.3 Å². The Morgan fingerprint density at radius 2 is 0.780 bits per heavy atom. The molecule has 0 bridgehead atoms. The Hall–Kier alpha value is -3.59. The smallest absolute Gasteiger partial charge is 0.306 e. The Kier molecular flexibility index (Phi) is 57.9. The van der Waals surface area contributed by atoms with Crippen molar-refractivity contribution in [3.63, 3.8) is 0 Å². The van der Waals surface area contributed by atoms with Crippen LogP contribution in [0.1, 0.15) is 271 Å². The number of unbranched alkanes of at least 4 members (excludes halogenated alkanes) is 25. The number of hydrogen-bond acceptors (Lipinski definition) is 7. The Balaban J connectivity index is 5.25. The van der Waals surface area contributed by atoms with Gasteiger partial charge in [-0.05, 0) is 122 Å². The maximum absolute atomic E-state index is 13.6. The van der Waals surface area contributed by atoms with Crippen molar-refractivity contribution in [3.8, 4) is 0 Å². The largest absolute Gasteiger partial charge is 0.756 e. The van der Waals surface area contributed by atoms with Gasteiger partial charge in [0.2, 0.25) is 5.91 Å². The van der Waals surface area contributed by atoms with E-state index in [4.69, 9.17) is 13.8 Å². The predicted molar refractivity (Wildman–Crippen MR) is 353 cm³/mol. The molecule has 0 saturated heterocycles. The second kappa shape index (κ2) is 60.5. The monoisotopic (exact) mass is 1160 g/mol. The minimum Gasteiger partial charge on any atom is -0.756 e. The van der Waals surface area contributed by atoms with Crippen molar-refractivity contribution in [1.29, 1.82) is 0 Å². The first-order valence-electron chi connectivity index (χ1n) is 33.3. The number of nitrogens with zero attached hydrogens (tertiary/aromatic N) is 1. The fourth-order valence-corrected chi connectivity index (χ4v) is 9.73. The van der Waals surface area contributed by atoms with Gasteiger partial charge in [-0.2, -0.15) is 0 Å². The Morgan fingerprint density at radius 1 is 0.439 bits per heavy atom. The first kappa shape index (κ1) is 78.4. The molecule has 0 aromatic heterocycles. The van der Waals surface area contributed by atoms with Crippen LogP contribution in [0.15, 0.2) is 122 Å². The number of ether oxygens (including phenoxy) is 1. The van der Waals surface area contributed by atoms with E-state index >= 15 is 0 Å². The van der Waals surface area contributed by atoms with Crippen LogP contribution in [0.25, 0.3) is 0 Å². The van der Waals surface area contributed by atoms with Crippen LogP contribution in [0.2, 0.25) is 0 Å². The van der Waals surface area contributed by atoms with Crippen LogP contribution in [0.4, 0.5) is 0 Å². The molecule has 0 fully saturated rings. The summed E-state index contributed by atoms with van der Waals surface area (Å²) in [4.78, 5) is 40.1. The summed E-state index contributed by atoms with van der Waals surface area (Å²) in [5, 5.41) is 3.02. The number of nitrogens with one attached hydrogen (secondary N) is 1. The van der Waals surface area contributed by atoms with Crippen LogP contribution >= 0.6 is 7.82 Å². The van der Waals surface area contributed by atoms with Crippen LogP contribution in [0.3, 0.4) is 0 Å². The van der Waals surface area contributed by atoms with Crippen molar-refractivity contribution in [1.82, 2.24) is 5.32 Å². The standard InChI is InChI=1S/C72H125N2O7P/c1-7-10-13-16-19-22-25-28-30-32-34-36-37-39-40-42-44-46-49-52-55-58-61-64-71(75)73-69(68-80-82(77,78)79-67-66-74(4,5)6)70(63-60-57-54-51-48-27-24-21-18-15-12-9-3)81-72(76)65-62-59-56-53-50-47-45-43-41-38-35-33-31-29-26-23-20-17-14-11-8-2/h11,14,19-20,22-23,28-31,34-36,38,43,45,50,53,60,63,69-70H,7-10,12-13,15-18,21,24-27,32-33,37,39-42,44,46-49,51-52,54-59,61-62,64-68H2,1-6H3,(H-,73,75,77,78)/b14-11-,22-19-,23-20-,30-28-,31-29-,36-34-,38-35-,45-43-,53-50-,63-60+. The second-order valence-electron chi connectivity index (χ2n) is 23.2. The van der Waals surface area contributed by atoms with E-state index in [2.05, 4.69) is 135 Å². The van der Waals surface area contributed by atoms with Crippen molar-refractivity contribution in [3.05, 3.63) is 122 Å². The molecule has 1 N–H and O–H groups in total. The van der Waals surface area contributed by atoms with Crippen LogP contribution in [-0.4, -0.2) is 69.4 Å². The number of carbonyl (C=O) groups is 2. The lowest BCUT2D eigenvalue weighted by Gasteiger charge is -2.30. The molecule has 10 heteroatoms. The minimum absolute atomic E-state index is 0.0363. The summed E-state index contributed by atoms with van der Waals surface area (Å²) in [7, 11) is 1.14. The summed E-state index contributed by atoms with van der Waals surface area (Å²) in [6.07, 6.45) is 84.6. The fraction of sp³-hybridized carbons (Fsp3) is 0.694. The van der Waals surface area contributed by atoms with Crippen LogP contribution in [0, 0.1) is 0 Å². The van der Waals surface area contributed by atoms with Crippen molar-refractivity contribution < 1.29 is 37.3 Å². The molecule has 0 radical (unpaired) electrons. The summed E-state index contributed by atoms with van der Waals surface area (Å²) in [6.45, 7) is 6.67. The third-order valence-electron chi connectivity index (χ3n) is 14.1. The number of phosphoric ester groups is 1. The van der Waals surface area contributed by atoms with Crippen molar-refractivity contribution in [2.45, 2.75) is 283 Å². The molecule has 0 aliphatic heterocycles. The lowest BCUT2D eigenvalue weighted by atomic mass is 10.0. The van der Waals surface area contributed by atoms with E-state index in [-0.39, 0.29) is 24.9 Å². The predicted octanol–water partition coefficient (Wildman–Crippen LogP) is 20.4. The number of hydrogen-bond donors (Lipinski definition) is 1. The molecule has 0 aliphatic carbocycles. The summed E-state index contributed by atoms with van der Waals surface area (Å²) in [5.41, 5.74) is 0. The molecule has 0 aliphatic rings. The van der Waals surface area contributed by atoms with E-state index < -0.39 is 26.6 Å². The van der Waals surface area contributed by atoms with Gasteiger partial charge in [-0.1, -0.05) is 258 Å². The third-order valence-corrected chi connectivity index (χ3v) is 15.1. The lowest BCUT2D eigenvalue weighted by molar-refractivity contribution is -0.870. The highest BCUT2D eigenvalue weighted by molar-refractivity contribution is 7.45. The molecule has 0 aromatic rings. The normalized spacial score (nSPS) is 14.4. The van der Waals surface area contributed by atoms with Crippen molar-refractivity contribution >= 4 is 19.7 Å². The zero-order chi connectivity index (χ0) is 60.0. The Bertz CT molecular complexity index is 1820. The van der Waals surface area contributed by atoms with E-state index in [1.165, 1.54) is 116 Å². The molecule has 0 saturated carbocycles. The fourth-order valence-electron chi connectivity index (χ4n) is 9.00. The van der Waals surface area contributed by atoms with Gasteiger partial charge in [-0.25, -0.2) is 0 Å². The first-order valence-corrected chi connectivity index (χ1v) is 34.8. The van der Waals surface area contributed by atoms with Gasteiger partial charge >= 0.3 is 5.97 Å². The Morgan fingerprint density at radius 3 is 1.21 bits per heavy atom. The van der Waals surface area contributed by atoms with E-state index in [1.54, 1.807) is 0 Å². The minimum atomic E-state index is -4.72. The highest BCUT2D eigenvalue weighted by atomic mass is 31.2. The van der Waals surface area contributed by atoms with E-state index in [0.29, 0.717) is 23.9 Å². The molecule has 470 valence electrons. The summed E-state index contributed by atoms with van der Waals surface area (Å²) >= 11 is 0. The third kappa shape index (κ3) is 61.0. The topological polar surface area (TPSA) is 114 Å². The zero-order valence-corrected chi connectivity index (χ0v) is 54.5. The van der Waals surface area contributed by atoms with Gasteiger partial charge in [0.15, 0.2) is 0 Å². The van der Waals surface area contributed by atoms with Crippen LogP contribution in [0.5, 0.6) is 0 Å². The molecule has 0 heterocycles. The van der Waals surface area contributed by atoms with Crippen molar-refractivity contribution in [2.75, 3.05) is 40.9 Å². The number of likely N-dealkylation sites (N-methyl/N-ethyl adjacent to an activating group) is 1. The van der Waals surface area contributed by atoms with E-state index in [9.17, 15) is 19.0 Å². The molecule has 3 atom stereocenters. The quantitative estimate of drug-likeness (QED) is 0.0212. The molecular weight excluding hydrogens is 1040 g/mol. The number of amides is 1. The summed E-state index contributed by atoms with van der Waals surface area (Å²) in [5.74, 6) is -0.601. The lowest BCUT2D eigenvalue weighted by Crippen LogP contribution is -2.47. The van der Waals surface area contributed by atoms with Crippen LogP contribution in [-0.2, 0) is 27.9 Å². The SMILES string of the molecule is CC/C=C\C/C=C\C/C=C\C/C=C\C/C=C\C/C=C\CCCCC(=O)OC(/C=C/CCCCCCCCCCCC)C(COP(=O)([O-])OCC[N+](C)(C)C)NC(=O)CCCCCCCCCCCC/C=C\C/C=C\C/C=C\CCCCC.